The van der Waals surface area contributed by atoms with Gasteiger partial charge in [0.25, 0.3) is 0 Å². The van der Waals surface area contributed by atoms with Crippen LogP contribution in [0.2, 0.25) is 0 Å². The Labute approximate surface area is 107 Å². The molecule has 0 aliphatic rings. The minimum absolute atomic E-state index is 0.0155. The van der Waals surface area contributed by atoms with Crippen LogP contribution in [0.4, 0.5) is 5.69 Å². The van der Waals surface area contributed by atoms with Crippen molar-refractivity contribution in [2.75, 3.05) is 11.6 Å². The van der Waals surface area contributed by atoms with Gasteiger partial charge in [-0.3, -0.25) is 4.79 Å². The van der Waals surface area contributed by atoms with Gasteiger partial charge >= 0.3 is 0 Å². The Balaban J connectivity index is 2.50. The number of thioether (sulfide) groups is 1. The molecule has 0 atom stereocenters. The number of rotatable bonds is 5. The van der Waals surface area contributed by atoms with Gasteiger partial charge in [-0.2, -0.15) is 0 Å². The Morgan fingerprint density at radius 2 is 2.18 bits per heavy atom. The summed E-state index contributed by atoms with van der Waals surface area (Å²) in [6, 6.07) is 7.82. The highest BCUT2D eigenvalue weighted by Gasteiger charge is 2.13. The largest absolute Gasteiger partial charge is 0.326 e. The summed E-state index contributed by atoms with van der Waals surface area (Å²) in [7, 11) is 0. The van der Waals surface area contributed by atoms with Gasteiger partial charge in [0.1, 0.15) is 0 Å². The lowest BCUT2D eigenvalue weighted by Crippen LogP contribution is -2.33. The van der Waals surface area contributed by atoms with Crippen LogP contribution in [-0.4, -0.2) is 17.7 Å². The van der Waals surface area contributed by atoms with Gasteiger partial charge in [0.15, 0.2) is 0 Å². The van der Waals surface area contributed by atoms with E-state index in [0.29, 0.717) is 12.8 Å². The maximum absolute atomic E-state index is 11.7. The van der Waals surface area contributed by atoms with Crippen LogP contribution < -0.4 is 11.1 Å². The van der Waals surface area contributed by atoms with Gasteiger partial charge in [-0.05, 0) is 44.7 Å². The van der Waals surface area contributed by atoms with Crippen molar-refractivity contribution < 1.29 is 4.79 Å². The van der Waals surface area contributed by atoms with Crippen LogP contribution in [0.1, 0.15) is 26.7 Å². The predicted molar refractivity (Wildman–Crippen MR) is 74.4 cm³/mol. The van der Waals surface area contributed by atoms with Crippen molar-refractivity contribution in [3.63, 3.8) is 0 Å². The fraction of sp³-hybridized carbons (Fsp3) is 0.462. The zero-order valence-corrected chi connectivity index (χ0v) is 11.4. The van der Waals surface area contributed by atoms with Gasteiger partial charge in [-0.25, -0.2) is 0 Å². The van der Waals surface area contributed by atoms with Crippen LogP contribution >= 0.6 is 11.8 Å². The van der Waals surface area contributed by atoms with Crippen LogP contribution in [0.15, 0.2) is 29.2 Å². The van der Waals surface area contributed by atoms with Gasteiger partial charge in [0.2, 0.25) is 5.91 Å². The quantitative estimate of drug-likeness (QED) is 0.792. The van der Waals surface area contributed by atoms with Crippen molar-refractivity contribution in [1.82, 2.24) is 0 Å². The summed E-state index contributed by atoms with van der Waals surface area (Å²) < 4.78 is 0. The summed E-state index contributed by atoms with van der Waals surface area (Å²) in [5.74, 6) is 0.0155. The molecule has 3 nitrogen and oxygen atoms in total. The number of nitrogens with two attached hydrogens (primary N) is 1. The van der Waals surface area contributed by atoms with E-state index in [0.717, 1.165) is 10.6 Å². The molecule has 0 radical (unpaired) electrons. The lowest BCUT2D eigenvalue weighted by atomic mass is 10.00. The van der Waals surface area contributed by atoms with Crippen LogP contribution in [-0.2, 0) is 4.79 Å². The summed E-state index contributed by atoms with van der Waals surface area (Å²) in [6.45, 7) is 3.85. The number of hydrogen-bond acceptors (Lipinski definition) is 3. The number of benzene rings is 1. The average molecular weight is 252 g/mol. The van der Waals surface area contributed by atoms with E-state index in [-0.39, 0.29) is 11.4 Å². The Morgan fingerprint density at radius 3 is 2.76 bits per heavy atom. The van der Waals surface area contributed by atoms with E-state index >= 15 is 0 Å². The highest BCUT2D eigenvalue weighted by molar-refractivity contribution is 7.98. The first-order valence-electron chi connectivity index (χ1n) is 5.63. The lowest BCUT2D eigenvalue weighted by molar-refractivity contribution is -0.116. The minimum Gasteiger partial charge on any atom is -0.326 e. The molecule has 1 amide bonds. The van der Waals surface area contributed by atoms with Crippen molar-refractivity contribution in [1.29, 1.82) is 0 Å². The van der Waals surface area contributed by atoms with Gasteiger partial charge in [-0.1, -0.05) is 6.07 Å². The maximum Gasteiger partial charge on any atom is 0.224 e. The van der Waals surface area contributed by atoms with Crippen LogP contribution in [0.3, 0.4) is 0 Å². The van der Waals surface area contributed by atoms with Crippen LogP contribution in [0.5, 0.6) is 0 Å². The van der Waals surface area contributed by atoms with Crippen LogP contribution in [0.25, 0.3) is 0 Å². The third-order valence-electron chi connectivity index (χ3n) is 2.35. The molecule has 1 rings (SSSR count). The number of hydrogen-bond donors (Lipinski definition) is 2. The fourth-order valence-electron chi connectivity index (χ4n) is 1.36. The molecule has 3 N–H and O–H groups in total. The number of nitrogens with one attached hydrogen (secondary N) is 1. The van der Waals surface area contributed by atoms with E-state index in [1.807, 2.05) is 44.4 Å². The normalized spacial score (nSPS) is 11.3. The molecule has 94 valence electrons. The Morgan fingerprint density at radius 1 is 1.47 bits per heavy atom. The number of amides is 1. The zero-order chi connectivity index (χ0) is 12.9. The number of carbonyl (C=O) groups excluding carboxylic acids is 1. The van der Waals surface area contributed by atoms with Crippen LogP contribution in [0, 0.1) is 0 Å². The van der Waals surface area contributed by atoms with E-state index in [9.17, 15) is 4.79 Å². The van der Waals surface area contributed by atoms with E-state index in [4.69, 9.17) is 5.73 Å². The third kappa shape index (κ3) is 5.75. The zero-order valence-electron chi connectivity index (χ0n) is 10.6. The van der Waals surface area contributed by atoms with Gasteiger partial charge in [0.05, 0.1) is 0 Å². The standard InChI is InChI=1S/C13H20N2OS/c1-13(2,14)8-7-12(16)15-10-5-4-6-11(9-10)17-3/h4-6,9H,7-8,14H2,1-3H3,(H,15,16). The SMILES string of the molecule is CSc1cccc(NC(=O)CCC(C)(C)N)c1. The molecule has 4 heteroatoms. The molecule has 0 saturated carbocycles. The molecule has 0 aliphatic carbocycles. The summed E-state index contributed by atoms with van der Waals surface area (Å²) in [5, 5.41) is 2.88. The van der Waals surface area contributed by atoms with E-state index in [1.54, 1.807) is 11.8 Å². The molecule has 0 fully saturated rings. The maximum atomic E-state index is 11.7. The minimum atomic E-state index is -0.293. The summed E-state index contributed by atoms with van der Waals surface area (Å²) in [6.07, 6.45) is 3.14. The highest BCUT2D eigenvalue weighted by atomic mass is 32.2. The van der Waals surface area contributed by atoms with Gasteiger partial charge in [0, 0.05) is 22.5 Å². The van der Waals surface area contributed by atoms with Crippen molar-refractivity contribution in [3.8, 4) is 0 Å². The molecule has 0 saturated heterocycles. The monoisotopic (exact) mass is 252 g/mol. The molecule has 0 aromatic heterocycles. The highest BCUT2D eigenvalue weighted by Crippen LogP contribution is 2.19. The molecule has 0 aliphatic heterocycles. The van der Waals surface area contributed by atoms with E-state index in [1.165, 1.54) is 0 Å². The Kier molecular flexibility index (Phi) is 5.02. The summed E-state index contributed by atoms with van der Waals surface area (Å²) in [5.41, 5.74) is 6.39. The van der Waals surface area contributed by atoms with Crippen molar-refractivity contribution in [3.05, 3.63) is 24.3 Å². The second kappa shape index (κ2) is 6.07. The first-order chi connectivity index (χ1) is 7.90. The summed E-state index contributed by atoms with van der Waals surface area (Å²) >= 11 is 1.66. The third-order valence-corrected chi connectivity index (χ3v) is 3.08. The first-order valence-corrected chi connectivity index (χ1v) is 6.86. The lowest BCUT2D eigenvalue weighted by Gasteiger charge is -2.17. The average Bonchev–Trinajstić information content (AvgIpc) is 2.26. The topological polar surface area (TPSA) is 55.1 Å². The molecule has 0 unspecified atom stereocenters. The second-order valence-electron chi connectivity index (χ2n) is 4.77. The second-order valence-corrected chi connectivity index (χ2v) is 5.65. The molecule has 0 heterocycles. The number of carbonyl (C=O) groups is 1. The Bertz CT molecular complexity index is 385. The van der Waals surface area contributed by atoms with E-state index in [2.05, 4.69) is 5.32 Å². The summed E-state index contributed by atoms with van der Waals surface area (Å²) in [4.78, 5) is 12.8. The predicted octanol–water partition coefficient (Wildman–Crippen LogP) is 2.86. The molecular formula is C13H20N2OS. The molecule has 0 bridgehead atoms. The van der Waals surface area contributed by atoms with Gasteiger partial charge in [-0.15, -0.1) is 11.8 Å². The first kappa shape index (κ1) is 14.1. The van der Waals surface area contributed by atoms with Crippen molar-refractivity contribution in [2.24, 2.45) is 5.73 Å². The van der Waals surface area contributed by atoms with Gasteiger partial charge < -0.3 is 11.1 Å². The number of anilines is 1. The Hall–Kier alpha value is -1.00. The molecular weight excluding hydrogens is 232 g/mol. The van der Waals surface area contributed by atoms with Crippen molar-refractivity contribution in [2.45, 2.75) is 37.1 Å². The fourth-order valence-corrected chi connectivity index (χ4v) is 1.82. The molecule has 1 aromatic rings. The smallest absolute Gasteiger partial charge is 0.224 e. The molecule has 1 aromatic carbocycles. The molecule has 17 heavy (non-hydrogen) atoms. The molecule has 0 spiro atoms. The van der Waals surface area contributed by atoms with Crippen molar-refractivity contribution >= 4 is 23.4 Å². The van der Waals surface area contributed by atoms with E-state index < -0.39 is 0 Å².